The van der Waals surface area contributed by atoms with Crippen LogP contribution in [0.25, 0.3) is 0 Å². The van der Waals surface area contributed by atoms with Crippen LogP contribution in [0.5, 0.6) is 0 Å². The van der Waals surface area contributed by atoms with Gasteiger partial charge >= 0.3 is 0 Å². The van der Waals surface area contributed by atoms with Crippen LogP contribution < -0.4 is 5.32 Å². The largest absolute Gasteiger partial charge is 0.351 e. The Morgan fingerprint density at radius 1 is 1.16 bits per heavy atom. The van der Waals surface area contributed by atoms with E-state index in [0.29, 0.717) is 18.8 Å². The van der Waals surface area contributed by atoms with Crippen molar-refractivity contribution in [3.63, 3.8) is 0 Å². The van der Waals surface area contributed by atoms with Crippen LogP contribution >= 0.6 is 0 Å². The van der Waals surface area contributed by atoms with Gasteiger partial charge in [-0.15, -0.1) is 0 Å². The molecule has 0 spiro atoms. The second-order valence-corrected chi connectivity index (χ2v) is 9.58. The summed E-state index contributed by atoms with van der Waals surface area (Å²) in [7, 11) is 0. The third-order valence-electron chi connectivity index (χ3n) is 6.77. The van der Waals surface area contributed by atoms with Crippen LogP contribution in [0.4, 0.5) is 0 Å². The number of hydrogen-bond donors (Lipinski definition) is 1. The molecule has 1 fully saturated rings. The minimum absolute atomic E-state index is 0.0732. The zero-order valence-corrected chi connectivity index (χ0v) is 18.9. The highest BCUT2D eigenvalue weighted by molar-refractivity contribution is 5.99. The molecule has 1 atom stereocenters. The van der Waals surface area contributed by atoms with Gasteiger partial charge in [0.05, 0.1) is 12.2 Å². The highest BCUT2D eigenvalue weighted by atomic mass is 16.2. The summed E-state index contributed by atoms with van der Waals surface area (Å²) in [5.41, 5.74) is 1.48. The SMILES string of the molecule is CC(C)c1cc2n(n1)CC(C)(C(=O)NC1CCCCCC1)N(Cc1ccccc1)C2=O. The first-order valence-corrected chi connectivity index (χ1v) is 11.6. The van der Waals surface area contributed by atoms with E-state index in [2.05, 4.69) is 24.3 Å². The van der Waals surface area contributed by atoms with E-state index < -0.39 is 5.54 Å². The lowest BCUT2D eigenvalue weighted by molar-refractivity contribution is -0.134. The van der Waals surface area contributed by atoms with Gasteiger partial charge in [0, 0.05) is 12.6 Å². The van der Waals surface area contributed by atoms with Crippen LogP contribution in [0.3, 0.4) is 0 Å². The summed E-state index contributed by atoms with van der Waals surface area (Å²) in [5.74, 6) is 0.0171. The van der Waals surface area contributed by atoms with Crippen molar-refractivity contribution in [2.45, 2.75) is 89.9 Å². The molecular formula is C25H34N4O2. The van der Waals surface area contributed by atoms with Crippen molar-refractivity contribution in [1.29, 1.82) is 0 Å². The number of aromatic nitrogens is 2. The van der Waals surface area contributed by atoms with Gasteiger partial charge in [0.2, 0.25) is 5.91 Å². The Balaban J connectivity index is 1.67. The van der Waals surface area contributed by atoms with E-state index in [4.69, 9.17) is 0 Å². The molecular weight excluding hydrogens is 388 g/mol. The summed E-state index contributed by atoms with van der Waals surface area (Å²) in [6.45, 7) is 6.79. The molecule has 1 aromatic heterocycles. The van der Waals surface area contributed by atoms with E-state index in [-0.39, 0.29) is 23.8 Å². The van der Waals surface area contributed by atoms with Gasteiger partial charge in [0.1, 0.15) is 11.2 Å². The van der Waals surface area contributed by atoms with E-state index in [1.807, 2.05) is 43.3 Å². The number of amides is 2. The van der Waals surface area contributed by atoms with Gasteiger partial charge < -0.3 is 10.2 Å². The maximum atomic E-state index is 13.7. The van der Waals surface area contributed by atoms with Gasteiger partial charge in [-0.2, -0.15) is 5.10 Å². The minimum atomic E-state index is -0.994. The molecule has 4 rings (SSSR count). The maximum Gasteiger partial charge on any atom is 0.273 e. The lowest BCUT2D eigenvalue weighted by Gasteiger charge is -2.44. The fourth-order valence-electron chi connectivity index (χ4n) is 4.72. The predicted octanol–water partition coefficient (Wildman–Crippen LogP) is 4.26. The molecule has 0 bridgehead atoms. The Labute approximate surface area is 185 Å². The number of hydrogen-bond acceptors (Lipinski definition) is 3. The third-order valence-corrected chi connectivity index (χ3v) is 6.77. The molecule has 1 aliphatic carbocycles. The van der Waals surface area contributed by atoms with Crippen LogP contribution in [0.2, 0.25) is 0 Å². The predicted molar refractivity (Wildman–Crippen MR) is 121 cm³/mol. The summed E-state index contributed by atoms with van der Waals surface area (Å²) in [5, 5.41) is 7.96. The first kappa shape index (κ1) is 21.6. The zero-order valence-electron chi connectivity index (χ0n) is 18.9. The molecule has 31 heavy (non-hydrogen) atoms. The molecule has 1 unspecified atom stereocenters. The van der Waals surface area contributed by atoms with Crippen molar-refractivity contribution < 1.29 is 9.59 Å². The summed E-state index contributed by atoms with van der Waals surface area (Å²) >= 11 is 0. The highest BCUT2D eigenvalue weighted by Gasteiger charge is 2.48. The number of carbonyl (C=O) groups excluding carboxylic acids is 2. The molecule has 166 valence electrons. The quantitative estimate of drug-likeness (QED) is 0.732. The summed E-state index contributed by atoms with van der Waals surface area (Å²) in [6, 6.07) is 12.0. The average Bonchev–Trinajstić information content (AvgIpc) is 3.01. The number of carbonyl (C=O) groups is 2. The van der Waals surface area contributed by atoms with Gasteiger partial charge in [0.25, 0.3) is 5.91 Å². The summed E-state index contributed by atoms with van der Waals surface area (Å²) < 4.78 is 1.74. The normalized spacial score (nSPS) is 22.3. The maximum absolute atomic E-state index is 13.7. The summed E-state index contributed by atoms with van der Waals surface area (Å²) in [4.78, 5) is 29.0. The first-order chi connectivity index (χ1) is 14.9. The second kappa shape index (κ2) is 8.85. The Kier molecular flexibility index (Phi) is 6.17. The average molecular weight is 423 g/mol. The molecule has 2 amide bonds. The number of nitrogens with zero attached hydrogens (tertiary/aromatic N) is 3. The Hall–Kier alpha value is -2.63. The van der Waals surface area contributed by atoms with Crippen molar-refractivity contribution in [2.75, 3.05) is 0 Å². The van der Waals surface area contributed by atoms with Crippen molar-refractivity contribution in [3.8, 4) is 0 Å². The molecule has 1 aliphatic heterocycles. The van der Waals surface area contributed by atoms with E-state index in [9.17, 15) is 9.59 Å². The molecule has 2 heterocycles. The fraction of sp³-hybridized carbons (Fsp3) is 0.560. The molecule has 0 radical (unpaired) electrons. The van der Waals surface area contributed by atoms with Gasteiger partial charge in [0.15, 0.2) is 0 Å². The topological polar surface area (TPSA) is 67.2 Å². The summed E-state index contributed by atoms with van der Waals surface area (Å²) in [6.07, 6.45) is 6.79. The number of nitrogens with one attached hydrogen (secondary N) is 1. The Bertz CT molecular complexity index is 928. The van der Waals surface area contributed by atoms with Crippen LogP contribution in [-0.4, -0.2) is 38.1 Å². The number of fused-ring (bicyclic) bond motifs is 1. The van der Waals surface area contributed by atoms with Crippen molar-refractivity contribution in [3.05, 3.63) is 53.3 Å². The van der Waals surface area contributed by atoms with Gasteiger partial charge in [-0.25, -0.2) is 0 Å². The molecule has 2 aliphatic rings. The van der Waals surface area contributed by atoms with E-state index in [1.165, 1.54) is 12.8 Å². The fourth-order valence-corrected chi connectivity index (χ4v) is 4.72. The number of benzene rings is 1. The van der Waals surface area contributed by atoms with E-state index >= 15 is 0 Å². The zero-order chi connectivity index (χ0) is 22.0. The van der Waals surface area contributed by atoms with E-state index in [1.54, 1.807) is 9.58 Å². The van der Waals surface area contributed by atoms with E-state index in [0.717, 1.165) is 36.9 Å². The minimum Gasteiger partial charge on any atom is -0.351 e. The van der Waals surface area contributed by atoms with Gasteiger partial charge in [-0.05, 0) is 37.3 Å². The molecule has 6 heteroatoms. The monoisotopic (exact) mass is 422 g/mol. The van der Waals surface area contributed by atoms with Gasteiger partial charge in [-0.1, -0.05) is 69.9 Å². The lowest BCUT2D eigenvalue weighted by atomic mass is 9.93. The Morgan fingerprint density at radius 3 is 2.48 bits per heavy atom. The molecule has 1 N–H and O–H groups in total. The van der Waals surface area contributed by atoms with Crippen molar-refractivity contribution in [2.24, 2.45) is 0 Å². The Morgan fingerprint density at radius 2 is 1.84 bits per heavy atom. The highest BCUT2D eigenvalue weighted by Crippen LogP contribution is 2.31. The molecule has 0 saturated heterocycles. The van der Waals surface area contributed by atoms with Crippen LogP contribution in [0.15, 0.2) is 36.4 Å². The second-order valence-electron chi connectivity index (χ2n) is 9.58. The molecule has 1 aromatic carbocycles. The molecule has 2 aromatic rings. The first-order valence-electron chi connectivity index (χ1n) is 11.6. The molecule has 6 nitrogen and oxygen atoms in total. The van der Waals surface area contributed by atoms with Crippen LogP contribution in [0.1, 0.15) is 87.0 Å². The standard InChI is InChI=1S/C25H34N4O2/c1-18(2)21-15-22-23(30)28(16-19-11-7-6-8-12-19)25(3,17-29(22)27-21)24(31)26-20-13-9-4-5-10-14-20/h6-8,11-12,15,18,20H,4-5,9-10,13-14,16-17H2,1-3H3,(H,26,31). The van der Waals surface area contributed by atoms with Gasteiger partial charge in [-0.3, -0.25) is 14.3 Å². The van der Waals surface area contributed by atoms with Crippen molar-refractivity contribution >= 4 is 11.8 Å². The lowest BCUT2D eigenvalue weighted by Crippen LogP contribution is -2.64. The number of rotatable bonds is 5. The molecule has 1 saturated carbocycles. The third kappa shape index (κ3) is 4.39. The smallest absolute Gasteiger partial charge is 0.273 e. The van der Waals surface area contributed by atoms with Crippen molar-refractivity contribution in [1.82, 2.24) is 20.0 Å². The van der Waals surface area contributed by atoms with Crippen LogP contribution in [-0.2, 0) is 17.9 Å². The van der Waals surface area contributed by atoms with Crippen LogP contribution in [0, 0.1) is 0 Å².